The summed E-state index contributed by atoms with van der Waals surface area (Å²) in [5, 5.41) is 0. The van der Waals surface area contributed by atoms with Gasteiger partial charge in [0.25, 0.3) is 0 Å². The van der Waals surface area contributed by atoms with Gasteiger partial charge in [0.05, 0.1) is 20.8 Å². The van der Waals surface area contributed by atoms with Crippen LogP contribution < -0.4 is 19.9 Å². The number of rotatable bonds is 6. The molecule has 0 aliphatic rings. The molecule has 2 N–H and O–H groups in total. The van der Waals surface area contributed by atoms with Gasteiger partial charge in [-0.1, -0.05) is 0 Å². The highest BCUT2D eigenvalue weighted by atomic mass is 16.5. The van der Waals surface area contributed by atoms with E-state index in [2.05, 4.69) is 0 Å². The van der Waals surface area contributed by atoms with Gasteiger partial charge in [-0.15, -0.1) is 0 Å². The van der Waals surface area contributed by atoms with Gasteiger partial charge >= 0.3 is 0 Å². The molecule has 0 saturated carbocycles. The summed E-state index contributed by atoms with van der Waals surface area (Å²) in [5.41, 5.74) is 5.66. The number of ether oxygens (including phenoxy) is 3. The van der Waals surface area contributed by atoms with Crippen LogP contribution in [0.15, 0.2) is 18.2 Å². The van der Waals surface area contributed by atoms with Crippen molar-refractivity contribution in [3.8, 4) is 17.2 Å². The lowest BCUT2D eigenvalue weighted by Gasteiger charge is -2.18. The SMILES string of the molecule is COc1cc(OC)cc(OCCC(C)(C)N)c1. The fourth-order valence-corrected chi connectivity index (χ4v) is 1.30. The molecule has 0 aliphatic carbocycles. The molecule has 1 rings (SSSR count). The van der Waals surface area contributed by atoms with Crippen LogP contribution in [-0.4, -0.2) is 26.4 Å². The first-order valence-corrected chi connectivity index (χ1v) is 5.59. The van der Waals surface area contributed by atoms with E-state index >= 15 is 0 Å². The topological polar surface area (TPSA) is 53.7 Å². The van der Waals surface area contributed by atoms with Crippen LogP contribution in [0, 0.1) is 0 Å². The Bertz CT molecular complexity index is 336. The summed E-state index contributed by atoms with van der Waals surface area (Å²) in [6.45, 7) is 4.52. The van der Waals surface area contributed by atoms with Crippen LogP contribution in [-0.2, 0) is 0 Å². The molecule has 1 aromatic rings. The van der Waals surface area contributed by atoms with Crippen LogP contribution in [0.4, 0.5) is 0 Å². The van der Waals surface area contributed by atoms with Crippen LogP contribution in [0.5, 0.6) is 17.2 Å². The van der Waals surface area contributed by atoms with Crippen molar-refractivity contribution in [1.29, 1.82) is 0 Å². The van der Waals surface area contributed by atoms with Gasteiger partial charge in [0.15, 0.2) is 0 Å². The van der Waals surface area contributed by atoms with E-state index in [1.54, 1.807) is 20.3 Å². The average molecular weight is 239 g/mol. The molecule has 0 saturated heterocycles. The Morgan fingerprint density at radius 2 is 1.47 bits per heavy atom. The Labute approximate surface area is 103 Å². The minimum absolute atomic E-state index is 0.219. The first kappa shape index (κ1) is 13.6. The third kappa shape index (κ3) is 4.95. The van der Waals surface area contributed by atoms with Crippen molar-refractivity contribution in [3.63, 3.8) is 0 Å². The monoisotopic (exact) mass is 239 g/mol. The normalized spacial score (nSPS) is 11.1. The lowest BCUT2D eigenvalue weighted by Crippen LogP contribution is -2.33. The van der Waals surface area contributed by atoms with Crippen molar-refractivity contribution in [3.05, 3.63) is 18.2 Å². The van der Waals surface area contributed by atoms with Crippen molar-refractivity contribution in [2.45, 2.75) is 25.8 Å². The molecule has 4 nitrogen and oxygen atoms in total. The molecule has 17 heavy (non-hydrogen) atoms. The number of hydrogen-bond acceptors (Lipinski definition) is 4. The molecule has 0 bridgehead atoms. The molecule has 96 valence electrons. The van der Waals surface area contributed by atoms with Gasteiger partial charge in [-0.25, -0.2) is 0 Å². The summed E-state index contributed by atoms with van der Waals surface area (Å²) in [7, 11) is 3.23. The van der Waals surface area contributed by atoms with Crippen molar-refractivity contribution >= 4 is 0 Å². The maximum Gasteiger partial charge on any atom is 0.126 e. The van der Waals surface area contributed by atoms with Crippen molar-refractivity contribution in [1.82, 2.24) is 0 Å². The van der Waals surface area contributed by atoms with Gasteiger partial charge in [0.1, 0.15) is 17.2 Å². The zero-order chi connectivity index (χ0) is 12.9. The fraction of sp³-hybridized carbons (Fsp3) is 0.538. The summed E-state index contributed by atoms with van der Waals surface area (Å²) in [4.78, 5) is 0. The maximum absolute atomic E-state index is 5.88. The second-order valence-corrected chi connectivity index (χ2v) is 4.64. The summed E-state index contributed by atoms with van der Waals surface area (Å²) in [6.07, 6.45) is 0.784. The van der Waals surface area contributed by atoms with Gasteiger partial charge in [-0.3, -0.25) is 0 Å². The smallest absolute Gasteiger partial charge is 0.126 e. The van der Waals surface area contributed by atoms with Crippen LogP contribution in [0.25, 0.3) is 0 Å². The molecular weight excluding hydrogens is 218 g/mol. The first-order chi connectivity index (χ1) is 7.94. The molecule has 4 heteroatoms. The van der Waals surface area contributed by atoms with Crippen molar-refractivity contribution in [2.24, 2.45) is 5.73 Å². The fourth-order valence-electron chi connectivity index (χ4n) is 1.30. The minimum Gasteiger partial charge on any atom is -0.496 e. The van der Waals surface area contributed by atoms with E-state index in [1.807, 2.05) is 26.0 Å². The Morgan fingerprint density at radius 3 is 1.88 bits per heavy atom. The lowest BCUT2D eigenvalue weighted by atomic mass is 10.0. The van der Waals surface area contributed by atoms with E-state index < -0.39 is 0 Å². The standard InChI is InChI=1S/C13H21NO3/c1-13(2,14)5-6-17-12-8-10(15-3)7-11(9-12)16-4/h7-9H,5-6,14H2,1-4H3. The molecular formula is C13H21NO3. The molecule has 1 aromatic carbocycles. The largest absolute Gasteiger partial charge is 0.496 e. The molecule has 0 atom stereocenters. The van der Waals surface area contributed by atoms with E-state index in [0.717, 1.165) is 12.2 Å². The average Bonchev–Trinajstić information content (AvgIpc) is 2.26. The van der Waals surface area contributed by atoms with Crippen molar-refractivity contribution < 1.29 is 14.2 Å². The Kier molecular flexibility index (Phi) is 4.63. The van der Waals surface area contributed by atoms with Gasteiger partial charge in [-0.05, 0) is 20.3 Å². The van der Waals surface area contributed by atoms with E-state index in [0.29, 0.717) is 18.1 Å². The molecule has 0 radical (unpaired) electrons. The van der Waals surface area contributed by atoms with Gasteiger partial charge < -0.3 is 19.9 Å². The second kappa shape index (κ2) is 5.77. The molecule has 0 unspecified atom stereocenters. The summed E-state index contributed by atoms with van der Waals surface area (Å²) >= 11 is 0. The van der Waals surface area contributed by atoms with Crippen molar-refractivity contribution in [2.75, 3.05) is 20.8 Å². The molecule has 0 fully saturated rings. The van der Waals surface area contributed by atoms with Gasteiger partial charge in [-0.2, -0.15) is 0 Å². The Balaban J connectivity index is 2.64. The minimum atomic E-state index is -0.219. The second-order valence-electron chi connectivity index (χ2n) is 4.64. The molecule has 0 aliphatic heterocycles. The number of benzene rings is 1. The van der Waals surface area contributed by atoms with Gasteiger partial charge in [0, 0.05) is 23.7 Å². The molecule has 0 aromatic heterocycles. The van der Waals surface area contributed by atoms with Crippen LogP contribution in [0.3, 0.4) is 0 Å². The zero-order valence-electron chi connectivity index (χ0n) is 10.9. The highest BCUT2D eigenvalue weighted by Crippen LogP contribution is 2.27. The maximum atomic E-state index is 5.88. The number of nitrogens with two attached hydrogens (primary N) is 1. The van der Waals surface area contributed by atoms with E-state index in [9.17, 15) is 0 Å². The predicted octanol–water partition coefficient (Wildman–Crippen LogP) is 2.21. The van der Waals surface area contributed by atoms with E-state index in [1.165, 1.54) is 0 Å². The number of methoxy groups -OCH3 is 2. The van der Waals surface area contributed by atoms with Crippen LogP contribution in [0.2, 0.25) is 0 Å². The van der Waals surface area contributed by atoms with Crippen LogP contribution in [0.1, 0.15) is 20.3 Å². The Morgan fingerprint density at radius 1 is 1.00 bits per heavy atom. The number of hydrogen-bond donors (Lipinski definition) is 1. The van der Waals surface area contributed by atoms with E-state index in [-0.39, 0.29) is 5.54 Å². The Hall–Kier alpha value is -1.42. The van der Waals surface area contributed by atoms with Gasteiger partial charge in [0.2, 0.25) is 0 Å². The quantitative estimate of drug-likeness (QED) is 0.827. The summed E-state index contributed by atoms with van der Waals surface area (Å²) < 4.78 is 15.9. The van der Waals surface area contributed by atoms with E-state index in [4.69, 9.17) is 19.9 Å². The summed E-state index contributed by atoms with van der Waals surface area (Å²) in [6, 6.07) is 5.46. The molecule has 0 heterocycles. The summed E-state index contributed by atoms with van der Waals surface area (Å²) in [5.74, 6) is 2.16. The zero-order valence-corrected chi connectivity index (χ0v) is 10.9. The highest BCUT2D eigenvalue weighted by molar-refractivity contribution is 5.41. The third-order valence-corrected chi connectivity index (χ3v) is 2.34. The van der Waals surface area contributed by atoms with Crippen LogP contribution >= 0.6 is 0 Å². The third-order valence-electron chi connectivity index (χ3n) is 2.34. The molecule has 0 amide bonds. The predicted molar refractivity (Wildman–Crippen MR) is 67.9 cm³/mol. The first-order valence-electron chi connectivity index (χ1n) is 5.59. The molecule has 0 spiro atoms. The highest BCUT2D eigenvalue weighted by Gasteiger charge is 2.10. The lowest BCUT2D eigenvalue weighted by molar-refractivity contribution is 0.271.